The van der Waals surface area contributed by atoms with Gasteiger partial charge in [0.2, 0.25) is 5.91 Å². The Balaban J connectivity index is 2.48. The van der Waals surface area contributed by atoms with Crippen molar-refractivity contribution in [3.05, 3.63) is 35.6 Å². The van der Waals surface area contributed by atoms with Crippen LogP contribution in [0.5, 0.6) is 0 Å². The topological polar surface area (TPSA) is 29.1 Å². The van der Waals surface area contributed by atoms with E-state index in [1.54, 1.807) is 12.1 Å². The lowest BCUT2D eigenvalue weighted by atomic mass is 10.1. The molecule has 0 aliphatic carbocycles. The summed E-state index contributed by atoms with van der Waals surface area (Å²) in [5, 5.41) is 2.86. The summed E-state index contributed by atoms with van der Waals surface area (Å²) in [7, 11) is 0. The van der Waals surface area contributed by atoms with Gasteiger partial charge in [-0.2, -0.15) is 0 Å². The van der Waals surface area contributed by atoms with Crippen molar-refractivity contribution in [1.82, 2.24) is 5.32 Å². The fourth-order valence-corrected chi connectivity index (χ4v) is 1.22. The Labute approximate surface area is 89.5 Å². The summed E-state index contributed by atoms with van der Waals surface area (Å²) in [5.74, 6) is -0.294. The molecule has 0 saturated carbocycles. The predicted octanol–water partition coefficient (Wildman–Crippen LogP) is 2.28. The highest BCUT2D eigenvalue weighted by Gasteiger charge is 2.06. The summed E-state index contributed by atoms with van der Waals surface area (Å²) < 4.78 is 12.6. The van der Waals surface area contributed by atoms with Gasteiger partial charge in [-0.05, 0) is 31.0 Å². The Hall–Kier alpha value is -1.38. The van der Waals surface area contributed by atoms with E-state index in [2.05, 4.69) is 5.32 Å². The Kier molecular flexibility index (Phi) is 4.28. The second-order valence-corrected chi connectivity index (χ2v) is 3.68. The third-order valence-electron chi connectivity index (χ3n) is 2.30. The van der Waals surface area contributed by atoms with Crippen LogP contribution < -0.4 is 5.32 Å². The van der Waals surface area contributed by atoms with Crippen LogP contribution in [-0.2, 0) is 11.2 Å². The van der Waals surface area contributed by atoms with E-state index in [9.17, 15) is 9.18 Å². The fourth-order valence-electron chi connectivity index (χ4n) is 1.22. The summed E-state index contributed by atoms with van der Waals surface area (Å²) in [6.45, 7) is 3.98. The lowest BCUT2D eigenvalue weighted by molar-refractivity contribution is -0.121. The zero-order valence-corrected chi connectivity index (χ0v) is 9.09. The van der Waals surface area contributed by atoms with Crippen LogP contribution in [-0.4, -0.2) is 11.9 Å². The van der Waals surface area contributed by atoms with Gasteiger partial charge in [-0.3, -0.25) is 4.79 Å². The Morgan fingerprint density at radius 2 is 2.00 bits per heavy atom. The summed E-state index contributed by atoms with van der Waals surface area (Å²) in [4.78, 5) is 11.5. The molecular formula is C12H16FNO. The number of hydrogen-bond donors (Lipinski definition) is 1. The van der Waals surface area contributed by atoms with Gasteiger partial charge in [-0.25, -0.2) is 4.39 Å². The van der Waals surface area contributed by atoms with Crippen molar-refractivity contribution in [2.75, 3.05) is 0 Å². The van der Waals surface area contributed by atoms with Crippen LogP contribution in [0.15, 0.2) is 24.3 Å². The number of benzene rings is 1. The van der Waals surface area contributed by atoms with Gasteiger partial charge in [0.1, 0.15) is 5.82 Å². The van der Waals surface area contributed by atoms with E-state index in [4.69, 9.17) is 0 Å². The molecule has 0 spiro atoms. The molecule has 0 aliphatic rings. The van der Waals surface area contributed by atoms with Crippen LogP contribution in [0.1, 0.15) is 25.8 Å². The van der Waals surface area contributed by atoms with Gasteiger partial charge < -0.3 is 5.32 Å². The number of halogens is 1. The van der Waals surface area contributed by atoms with E-state index in [1.165, 1.54) is 12.1 Å². The minimum Gasteiger partial charge on any atom is -0.353 e. The van der Waals surface area contributed by atoms with Crippen molar-refractivity contribution in [1.29, 1.82) is 0 Å². The maximum atomic E-state index is 12.6. The lowest BCUT2D eigenvalue weighted by Crippen LogP contribution is -2.33. The molecule has 0 unspecified atom stereocenters. The van der Waals surface area contributed by atoms with Gasteiger partial charge in [0.05, 0.1) is 6.42 Å². The maximum absolute atomic E-state index is 12.6. The third kappa shape index (κ3) is 4.11. The molecule has 0 aromatic heterocycles. The highest BCUT2D eigenvalue weighted by atomic mass is 19.1. The molecule has 0 bridgehead atoms. The molecule has 0 heterocycles. The molecule has 3 heteroatoms. The average molecular weight is 209 g/mol. The van der Waals surface area contributed by atoms with Crippen molar-refractivity contribution in [2.24, 2.45) is 0 Å². The molecule has 1 amide bonds. The van der Waals surface area contributed by atoms with Crippen molar-refractivity contribution in [3.63, 3.8) is 0 Å². The number of rotatable bonds is 4. The minimum atomic E-state index is -0.277. The molecule has 2 nitrogen and oxygen atoms in total. The molecular weight excluding hydrogens is 193 g/mol. The molecule has 0 fully saturated rings. The number of nitrogens with one attached hydrogen (secondary N) is 1. The van der Waals surface area contributed by atoms with Crippen LogP contribution in [0.25, 0.3) is 0 Å². The highest BCUT2D eigenvalue weighted by Crippen LogP contribution is 2.03. The van der Waals surface area contributed by atoms with Crippen molar-refractivity contribution < 1.29 is 9.18 Å². The Bertz CT molecular complexity index is 321. The maximum Gasteiger partial charge on any atom is 0.224 e. The SMILES string of the molecule is CC[C@H](C)NC(=O)Cc1ccc(F)cc1. The van der Waals surface area contributed by atoms with Gasteiger partial charge in [0.15, 0.2) is 0 Å². The first kappa shape index (κ1) is 11.7. The second-order valence-electron chi connectivity index (χ2n) is 3.68. The minimum absolute atomic E-state index is 0.0176. The molecule has 82 valence electrons. The zero-order chi connectivity index (χ0) is 11.3. The van der Waals surface area contributed by atoms with Gasteiger partial charge >= 0.3 is 0 Å². The summed E-state index contributed by atoms with van der Waals surface area (Å²) in [6.07, 6.45) is 1.22. The van der Waals surface area contributed by atoms with Gasteiger partial charge in [-0.15, -0.1) is 0 Å². The number of carbonyl (C=O) groups is 1. The monoisotopic (exact) mass is 209 g/mol. The predicted molar refractivity (Wildman–Crippen MR) is 58.0 cm³/mol. The smallest absolute Gasteiger partial charge is 0.224 e. The lowest BCUT2D eigenvalue weighted by Gasteiger charge is -2.11. The van der Waals surface area contributed by atoms with Gasteiger partial charge in [0, 0.05) is 6.04 Å². The number of carbonyl (C=O) groups excluding carboxylic acids is 1. The van der Waals surface area contributed by atoms with Crippen LogP contribution in [0, 0.1) is 5.82 Å². The molecule has 1 aromatic rings. The molecule has 15 heavy (non-hydrogen) atoms. The van der Waals surface area contributed by atoms with E-state index in [0.29, 0.717) is 6.42 Å². The first-order valence-corrected chi connectivity index (χ1v) is 5.15. The summed E-state index contributed by atoms with van der Waals surface area (Å²) in [6, 6.07) is 6.19. The molecule has 0 aliphatic heterocycles. The van der Waals surface area contributed by atoms with Crippen LogP contribution >= 0.6 is 0 Å². The zero-order valence-electron chi connectivity index (χ0n) is 9.09. The van der Waals surface area contributed by atoms with Gasteiger partial charge in [0.25, 0.3) is 0 Å². The number of hydrogen-bond acceptors (Lipinski definition) is 1. The van der Waals surface area contributed by atoms with E-state index in [0.717, 1.165) is 12.0 Å². The van der Waals surface area contributed by atoms with Crippen LogP contribution in [0.2, 0.25) is 0 Å². The summed E-state index contributed by atoms with van der Waals surface area (Å²) >= 11 is 0. The van der Waals surface area contributed by atoms with E-state index in [1.807, 2.05) is 13.8 Å². The van der Waals surface area contributed by atoms with E-state index in [-0.39, 0.29) is 17.8 Å². The highest BCUT2D eigenvalue weighted by molar-refractivity contribution is 5.78. The first-order chi connectivity index (χ1) is 7.11. The van der Waals surface area contributed by atoms with Crippen LogP contribution in [0.4, 0.5) is 4.39 Å². The fraction of sp³-hybridized carbons (Fsp3) is 0.417. The first-order valence-electron chi connectivity index (χ1n) is 5.15. The summed E-state index contributed by atoms with van der Waals surface area (Å²) in [5.41, 5.74) is 0.831. The van der Waals surface area contributed by atoms with Gasteiger partial charge in [-0.1, -0.05) is 19.1 Å². The third-order valence-corrected chi connectivity index (χ3v) is 2.30. The van der Waals surface area contributed by atoms with Crippen molar-refractivity contribution in [3.8, 4) is 0 Å². The molecule has 1 rings (SSSR count). The molecule has 0 saturated heterocycles. The average Bonchev–Trinajstić information content (AvgIpc) is 2.21. The normalized spacial score (nSPS) is 12.2. The Morgan fingerprint density at radius 3 is 2.53 bits per heavy atom. The molecule has 1 atom stereocenters. The molecule has 0 radical (unpaired) electrons. The number of amides is 1. The van der Waals surface area contributed by atoms with Crippen molar-refractivity contribution >= 4 is 5.91 Å². The molecule has 1 N–H and O–H groups in total. The van der Waals surface area contributed by atoms with E-state index >= 15 is 0 Å². The van der Waals surface area contributed by atoms with Crippen LogP contribution in [0.3, 0.4) is 0 Å². The standard InChI is InChI=1S/C12H16FNO/c1-3-9(2)14-12(15)8-10-4-6-11(13)7-5-10/h4-7,9H,3,8H2,1-2H3,(H,14,15)/t9-/m0/s1. The Morgan fingerprint density at radius 1 is 1.40 bits per heavy atom. The largest absolute Gasteiger partial charge is 0.353 e. The van der Waals surface area contributed by atoms with Crippen molar-refractivity contribution in [2.45, 2.75) is 32.7 Å². The van der Waals surface area contributed by atoms with E-state index < -0.39 is 0 Å². The quantitative estimate of drug-likeness (QED) is 0.809. The molecule has 1 aromatic carbocycles. The second kappa shape index (κ2) is 5.49.